The Morgan fingerprint density at radius 2 is 1.97 bits per heavy atom. The van der Waals surface area contributed by atoms with Gasteiger partial charge < -0.3 is 14.8 Å². The molecular weight excluding hydrogens is 483 g/mol. The van der Waals surface area contributed by atoms with E-state index in [4.69, 9.17) is 27.9 Å². The third-order valence-electron chi connectivity index (χ3n) is 3.69. The molecule has 0 unspecified atom stereocenters. The number of ether oxygens (including phenoxy) is 2. The highest BCUT2D eigenvalue weighted by molar-refractivity contribution is 9.10. The molecule has 2 aromatic rings. The average Bonchev–Trinajstić information content (AvgIpc) is 2.67. The summed E-state index contributed by atoms with van der Waals surface area (Å²) in [6.07, 6.45) is 1.38. The monoisotopic (exact) mass is 496 g/mol. The molecule has 29 heavy (non-hydrogen) atoms. The first-order valence-electron chi connectivity index (χ1n) is 8.13. The van der Waals surface area contributed by atoms with Crippen LogP contribution in [0.4, 0.5) is 5.69 Å². The van der Waals surface area contributed by atoms with Gasteiger partial charge in [-0.2, -0.15) is 5.26 Å². The SMILES string of the molecule is COC(=O)COc1c(Cl)cc(/C=C(/C#N)C(=O)Nc2ccc(C)c(Cl)c2)cc1Br. The highest BCUT2D eigenvalue weighted by atomic mass is 79.9. The largest absolute Gasteiger partial charge is 0.479 e. The van der Waals surface area contributed by atoms with Crippen molar-refractivity contribution in [3.63, 3.8) is 0 Å². The molecule has 0 aliphatic heterocycles. The van der Waals surface area contributed by atoms with E-state index < -0.39 is 11.9 Å². The molecule has 0 fully saturated rings. The van der Waals surface area contributed by atoms with Crippen molar-refractivity contribution in [3.8, 4) is 11.8 Å². The van der Waals surface area contributed by atoms with Crippen LogP contribution in [0.1, 0.15) is 11.1 Å². The summed E-state index contributed by atoms with van der Waals surface area (Å²) < 4.78 is 10.3. The first-order valence-corrected chi connectivity index (χ1v) is 9.68. The van der Waals surface area contributed by atoms with Crippen molar-refractivity contribution in [2.75, 3.05) is 19.0 Å². The highest BCUT2D eigenvalue weighted by Gasteiger charge is 2.14. The van der Waals surface area contributed by atoms with E-state index in [1.807, 2.05) is 13.0 Å². The Morgan fingerprint density at radius 1 is 1.24 bits per heavy atom. The molecule has 1 amide bonds. The van der Waals surface area contributed by atoms with Gasteiger partial charge in [-0.15, -0.1) is 0 Å². The number of amides is 1. The molecule has 0 saturated heterocycles. The molecule has 150 valence electrons. The molecule has 0 heterocycles. The van der Waals surface area contributed by atoms with Gasteiger partial charge in [0, 0.05) is 10.7 Å². The zero-order valence-electron chi connectivity index (χ0n) is 15.4. The van der Waals surface area contributed by atoms with Gasteiger partial charge in [-0.3, -0.25) is 4.79 Å². The first-order chi connectivity index (χ1) is 13.7. The number of anilines is 1. The topological polar surface area (TPSA) is 88.4 Å². The second kappa shape index (κ2) is 10.3. The number of rotatable bonds is 6. The molecule has 0 aliphatic rings. The van der Waals surface area contributed by atoms with Gasteiger partial charge in [0.2, 0.25) is 0 Å². The van der Waals surface area contributed by atoms with Crippen molar-refractivity contribution >= 4 is 62.8 Å². The maximum atomic E-state index is 12.4. The van der Waals surface area contributed by atoms with Gasteiger partial charge in [-0.25, -0.2) is 4.79 Å². The predicted octanol–water partition coefficient (Wildman–Crippen LogP) is 5.16. The molecule has 0 aromatic heterocycles. The van der Waals surface area contributed by atoms with Crippen molar-refractivity contribution in [2.24, 2.45) is 0 Å². The number of nitriles is 1. The molecule has 0 spiro atoms. The number of nitrogens with one attached hydrogen (secondary N) is 1. The lowest BCUT2D eigenvalue weighted by atomic mass is 10.1. The molecule has 2 rings (SSSR count). The van der Waals surface area contributed by atoms with Crippen LogP contribution in [0.2, 0.25) is 10.0 Å². The Hall–Kier alpha value is -2.53. The lowest BCUT2D eigenvalue weighted by Crippen LogP contribution is -2.13. The third-order valence-corrected chi connectivity index (χ3v) is 4.97. The third kappa shape index (κ3) is 6.23. The molecule has 0 bridgehead atoms. The molecule has 1 N–H and O–H groups in total. The number of methoxy groups -OCH3 is 1. The van der Waals surface area contributed by atoms with Crippen molar-refractivity contribution in [1.29, 1.82) is 5.26 Å². The molecule has 0 aliphatic carbocycles. The van der Waals surface area contributed by atoms with E-state index >= 15 is 0 Å². The number of hydrogen-bond acceptors (Lipinski definition) is 5. The second-order valence-corrected chi connectivity index (χ2v) is 7.44. The number of halogens is 3. The molecule has 0 radical (unpaired) electrons. The minimum absolute atomic E-state index is 0.132. The van der Waals surface area contributed by atoms with E-state index in [2.05, 4.69) is 26.0 Å². The summed E-state index contributed by atoms with van der Waals surface area (Å²) in [4.78, 5) is 23.6. The Balaban J connectivity index is 2.23. The normalized spacial score (nSPS) is 10.8. The number of esters is 1. The van der Waals surface area contributed by atoms with Crippen molar-refractivity contribution in [1.82, 2.24) is 0 Å². The average molecular weight is 498 g/mol. The van der Waals surface area contributed by atoms with Gasteiger partial charge in [-0.1, -0.05) is 29.3 Å². The van der Waals surface area contributed by atoms with Crippen LogP contribution in [0.5, 0.6) is 5.75 Å². The van der Waals surface area contributed by atoms with E-state index in [1.165, 1.54) is 19.3 Å². The maximum Gasteiger partial charge on any atom is 0.343 e. The van der Waals surface area contributed by atoms with E-state index in [0.717, 1.165) is 5.56 Å². The smallest absolute Gasteiger partial charge is 0.343 e. The first kappa shape index (κ1) is 22.8. The van der Waals surface area contributed by atoms with Crippen LogP contribution in [0.3, 0.4) is 0 Å². The van der Waals surface area contributed by atoms with E-state index in [0.29, 0.717) is 20.7 Å². The van der Waals surface area contributed by atoms with Crippen LogP contribution < -0.4 is 10.1 Å². The quantitative estimate of drug-likeness (QED) is 0.338. The summed E-state index contributed by atoms with van der Waals surface area (Å²) in [6, 6.07) is 10.0. The van der Waals surface area contributed by atoms with Crippen molar-refractivity contribution in [3.05, 3.63) is 61.5 Å². The molecule has 6 nitrogen and oxygen atoms in total. The lowest BCUT2D eigenvalue weighted by molar-refractivity contribution is -0.142. The predicted molar refractivity (Wildman–Crippen MR) is 115 cm³/mol. The van der Waals surface area contributed by atoms with Crippen LogP contribution in [0.15, 0.2) is 40.4 Å². The van der Waals surface area contributed by atoms with Crippen molar-refractivity contribution < 1.29 is 19.1 Å². The molecule has 0 saturated carbocycles. The molecule has 0 atom stereocenters. The number of aryl methyl sites for hydroxylation is 1. The van der Waals surface area contributed by atoms with Gasteiger partial charge in [0.25, 0.3) is 5.91 Å². The van der Waals surface area contributed by atoms with Crippen molar-refractivity contribution in [2.45, 2.75) is 6.92 Å². The van der Waals surface area contributed by atoms with Gasteiger partial charge in [-0.05, 0) is 64.3 Å². The number of hydrogen-bond donors (Lipinski definition) is 1. The standard InChI is InChI=1S/C20H15BrCl2N2O4/c1-11-3-4-14(8-16(11)22)25-20(27)13(9-24)5-12-6-15(21)19(17(23)7-12)29-10-18(26)28-2/h3-8H,10H2,1-2H3,(H,25,27)/b13-5-. The summed E-state index contributed by atoms with van der Waals surface area (Å²) in [5, 5.41) is 12.7. The Bertz CT molecular complexity index is 1010. The van der Waals surface area contributed by atoms with Crippen LogP contribution >= 0.6 is 39.1 Å². The Labute approximate surface area is 186 Å². The van der Waals surface area contributed by atoms with Gasteiger partial charge in [0.1, 0.15) is 11.6 Å². The molecule has 2 aromatic carbocycles. The Kier molecular flexibility index (Phi) is 8.09. The minimum atomic E-state index is -0.592. The summed E-state index contributed by atoms with van der Waals surface area (Å²) in [6.45, 7) is 1.53. The zero-order chi connectivity index (χ0) is 21.6. The van der Waals surface area contributed by atoms with Crippen LogP contribution in [0.25, 0.3) is 6.08 Å². The number of nitrogens with zero attached hydrogens (tertiary/aromatic N) is 1. The number of carbonyl (C=O) groups is 2. The van der Waals surface area contributed by atoms with E-state index in [9.17, 15) is 14.9 Å². The fourth-order valence-corrected chi connectivity index (χ4v) is 3.34. The van der Waals surface area contributed by atoms with E-state index in [-0.39, 0.29) is 23.0 Å². The summed E-state index contributed by atoms with van der Waals surface area (Å²) in [5.74, 6) is -0.909. The maximum absolute atomic E-state index is 12.4. The lowest BCUT2D eigenvalue weighted by Gasteiger charge is -2.10. The Morgan fingerprint density at radius 3 is 2.55 bits per heavy atom. The number of benzene rings is 2. The summed E-state index contributed by atoms with van der Waals surface area (Å²) in [7, 11) is 1.25. The van der Waals surface area contributed by atoms with E-state index in [1.54, 1.807) is 24.3 Å². The van der Waals surface area contributed by atoms with Gasteiger partial charge >= 0.3 is 5.97 Å². The number of carbonyl (C=O) groups excluding carboxylic acids is 2. The van der Waals surface area contributed by atoms with Gasteiger partial charge in [0.15, 0.2) is 12.4 Å². The highest BCUT2D eigenvalue weighted by Crippen LogP contribution is 2.35. The molecule has 9 heteroatoms. The second-order valence-electron chi connectivity index (χ2n) is 5.77. The zero-order valence-corrected chi connectivity index (χ0v) is 18.5. The molecular formula is C20H15BrCl2N2O4. The van der Waals surface area contributed by atoms with Gasteiger partial charge in [0.05, 0.1) is 16.6 Å². The minimum Gasteiger partial charge on any atom is -0.479 e. The van der Waals surface area contributed by atoms with Crippen LogP contribution in [-0.4, -0.2) is 25.6 Å². The fourth-order valence-electron chi connectivity index (χ4n) is 2.18. The fraction of sp³-hybridized carbons (Fsp3) is 0.150. The summed E-state index contributed by atoms with van der Waals surface area (Å²) >= 11 is 15.5. The van der Waals surface area contributed by atoms with Crippen LogP contribution in [-0.2, 0) is 14.3 Å². The van der Waals surface area contributed by atoms with Crippen LogP contribution in [0, 0.1) is 18.3 Å². The summed E-state index contributed by atoms with van der Waals surface area (Å²) in [5.41, 5.74) is 1.70.